The maximum Gasteiger partial charge on any atom is 0.165 e. The predicted molar refractivity (Wildman–Crippen MR) is 73.4 cm³/mol. The van der Waals surface area contributed by atoms with Crippen molar-refractivity contribution in [3.05, 3.63) is 29.6 Å². The highest BCUT2D eigenvalue weighted by atomic mass is 19.1. The number of halogens is 1. The normalized spacial score (nSPS) is 11.3. The highest BCUT2D eigenvalue weighted by Crippen LogP contribution is 2.21. The van der Waals surface area contributed by atoms with Crippen LogP contribution < -0.4 is 10.1 Å². The Morgan fingerprint density at radius 2 is 1.89 bits per heavy atom. The lowest BCUT2D eigenvalue weighted by Gasteiger charge is -2.16. The number of rotatable bonds is 7. The Labute approximate surface area is 110 Å². The Morgan fingerprint density at radius 3 is 2.39 bits per heavy atom. The first-order valence-corrected chi connectivity index (χ1v) is 6.75. The monoisotopic (exact) mass is 253 g/mol. The molecule has 0 bridgehead atoms. The summed E-state index contributed by atoms with van der Waals surface area (Å²) in [5.41, 5.74) is 0.943. The van der Waals surface area contributed by atoms with Crippen LogP contribution in [0, 0.1) is 5.82 Å². The van der Waals surface area contributed by atoms with Crippen molar-refractivity contribution < 1.29 is 9.13 Å². The third-order valence-corrected chi connectivity index (χ3v) is 2.92. The second kappa shape index (κ2) is 7.37. The van der Waals surface area contributed by atoms with Crippen molar-refractivity contribution in [2.75, 3.05) is 0 Å². The van der Waals surface area contributed by atoms with E-state index in [9.17, 15) is 4.39 Å². The summed E-state index contributed by atoms with van der Waals surface area (Å²) in [6.07, 6.45) is 1.89. The average Bonchev–Trinajstić information content (AvgIpc) is 2.35. The van der Waals surface area contributed by atoms with E-state index in [1.165, 1.54) is 0 Å². The van der Waals surface area contributed by atoms with Gasteiger partial charge in [0.1, 0.15) is 0 Å². The van der Waals surface area contributed by atoms with E-state index in [-0.39, 0.29) is 11.9 Å². The van der Waals surface area contributed by atoms with Crippen LogP contribution in [-0.2, 0) is 6.54 Å². The highest BCUT2D eigenvalue weighted by Gasteiger charge is 2.10. The van der Waals surface area contributed by atoms with Crippen molar-refractivity contribution in [1.82, 2.24) is 5.32 Å². The molecular weight excluding hydrogens is 229 g/mol. The van der Waals surface area contributed by atoms with Crippen LogP contribution in [-0.4, -0.2) is 12.1 Å². The van der Waals surface area contributed by atoms with E-state index >= 15 is 0 Å². The molecule has 1 N–H and O–H groups in total. The summed E-state index contributed by atoms with van der Waals surface area (Å²) in [7, 11) is 0. The second-order valence-electron chi connectivity index (χ2n) is 4.86. The molecule has 0 spiro atoms. The maximum absolute atomic E-state index is 13.9. The molecule has 0 unspecified atom stereocenters. The molecule has 102 valence electrons. The van der Waals surface area contributed by atoms with Gasteiger partial charge >= 0.3 is 0 Å². The molecular formula is C15H24FNO. The van der Waals surface area contributed by atoms with Crippen molar-refractivity contribution >= 4 is 0 Å². The average molecular weight is 253 g/mol. The summed E-state index contributed by atoms with van der Waals surface area (Å²) in [6, 6.07) is 5.59. The Morgan fingerprint density at radius 1 is 1.22 bits per heavy atom. The zero-order chi connectivity index (χ0) is 13.5. The van der Waals surface area contributed by atoms with Crippen LogP contribution in [0.3, 0.4) is 0 Å². The van der Waals surface area contributed by atoms with Crippen molar-refractivity contribution in [3.8, 4) is 5.75 Å². The zero-order valence-electron chi connectivity index (χ0n) is 11.8. The first-order valence-electron chi connectivity index (χ1n) is 6.75. The molecule has 0 aliphatic carbocycles. The quantitative estimate of drug-likeness (QED) is 0.796. The lowest BCUT2D eigenvalue weighted by atomic mass is 10.2. The van der Waals surface area contributed by atoms with Crippen LogP contribution in [0.5, 0.6) is 5.75 Å². The van der Waals surface area contributed by atoms with Crippen molar-refractivity contribution in [2.45, 2.75) is 59.2 Å². The van der Waals surface area contributed by atoms with E-state index in [0.29, 0.717) is 18.3 Å². The fourth-order valence-electron chi connectivity index (χ4n) is 1.71. The van der Waals surface area contributed by atoms with Crippen LogP contribution in [0.2, 0.25) is 0 Å². The Kier molecular flexibility index (Phi) is 6.13. The van der Waals surface area contributed by atoms with Crippen LogP contribution in [0.1, 0.15) is 46.1 Å². The number of benzene rings is 1. The smallest absolute Gasteiger partial charge is 0.165 e. The minimum Gasteiger partial charge on any atom is -0.487 e. The Hall–Kier alpha value is -1.09. The molecule has 0 heterocycles. The molecule has 1 rings (SSSR count). The van der Waals surface area contributed by atoms with Gasteiger partial charge in [0.15, 0.2) is 11.6 Å². The van der Waals surface area contributed by atoms with Gasteiger partial charge in [-0.05, 0) is 30.5 Å². The maximum atomic E-state index is 13.9. The first kappa shape index (κ1) is 15.0. The fraction of sp³-hybridized carbons (Fsp3) is 0.600. The third kappa shape index (κ3) is 4.65. The van der Waals surface area contributed by atoms with E-state index in [1.54, 1.807) is 12.1 Å². The zero-order valence-corrected chi connectivity index (χ0v) is 11.8. The van der Waals surface area contributed by atoms with Crippen LogP contribution >= 0.6 is 0 Å². The van der Waals surface area contributed by atoms with Gasteiger partial charge in [0.25, 0.3) is 0 Å². The van der Waals surface area contributed by atoms with Crippen LogP contribution in [0.4, 0.5) is 4.39 Å². The van der Waals surface area contributed by atoms with E-state index in [4.69, 9.17) is 4.74 Å². The van der Waals surface area contributed by atoms with Gasteiger partial charge in [-0.15, -0.1) is 0 Å². The van der Waals surface area contributed by atoms with E-state index in [1.807, 2.05) is 19.9 Å². The number of hydrogen-bond donors (Lipinski definition) is 1. The van der Waals surface area contributed by atoms with Crippen molar-refractivity contribution in [3.63, 3.8) is 0 Å². The summed E-state index contributed by atoms with van der Waals surface area (Å²) in [4.78, 5) is 0. The molecule has 1 aromatic carbocycles. The summed E-state index contributed by atoms with van der Waals surface area (Å²) in [5, 5.41) is 3.26. The largest absolute Gasteiger partial charge is 0.487 e. The van der Waals surface area contributed by atoms with Crippen LogP contribution in [0.15, 0.2) is 18.2 Å². The van der Waals surface area contributed by atoms with E-state index in [0.717, 1.165) is 18.4 Å². The minimum absolute atomic E-state index is 0.0964. The molecule has 0 aliphatic heterocycles. The third-order valence-electron chi connectivity index (χ3n) is 2.92. The molecule has 1 aromatic rings. The molecule has 0 radical (unpaired) electrons. The Bertz CT molecular complexity index is 362. The molecule has 0 aromatic heterocycles. The second-order valence-corrected chi connectivity index (χ2v) is 4.86. The van der Waals surface area contributed by atoms with Gasteiger partial charge in [-0.1, -0.05) is 33.8 Å². The molecule has 0 aliphatic rings. The van der Waals surface area contributed by atoms with E-state index < -0.39 is 0 Å². The van der Waals surface area contributed by atoms with Gasteiger partial charge in [0.05, 0.1) is 6.10 Å². The number of ether oxygens (including phenoxy) is 1. The lowest BCUT2D eigenvalue weighted by molar-refractivity contribution is 0.184. The van der Waals surface area contributed by atoms with Crippen molar-refractivity contribution in [2.24, 2.45) is 0 Å². The molecule has 0 saturated carbocycles. The van der Waals surface area contributed by atoms with Gasteiger partial charge in [0.2, 0.25) is 0 Å². The van der Waals surface area contributed by atoms with Gasteiger partial charge in [0, 0.05) is 12.6 Å². The SMILES string of the molecule is CCC(CC)Oc1ccc(CNC(C)C)cc1F. The predicted octanol–water partition coefficient (Wildman–Crippen LogP) is 3.89. The topological polar surface area (TPSA) is 21.3 Å². The van der Waals surface area contributed by atoms with Crippen molar-refractivity contribution in [1.29, 1.82) is 0 Å². The minimum atomic E-state index is -0.273. The van der Waals surface area contributed by atoms with E-state index in [2.05, 4.69) is 19.2 Å². The molecule has 2 nitrogen and oxygen atoms in total. The summed E-state index contributed by atoms with van der Waals surface area (Å²) in [6.45, 7) is 8.92. The number of hydrogen-bond acceptors (Lipinski definition) is 2. The Balaban J connectivity index is 2.67. The highest BCUT2D eigenvalue weighted by molar-refractivity contribution is 5.29. The lowest BCUT2D eigenvalue weighted by Crippen LogP contribution is -2.22. The summed E-state index contributed by atoms with van der Waals surface area (Å²) < 4.78 is 19.5. The molecule has 3 heteroatoms. The standard InChI is InChI=1S/C15H24FNO/c1-5-13(6-2)18-15-8-7-12(9-14(15)16)10-17-11(3)4/h7-9,11,13,17H,5-6,10H2,1-4H3. The van der Waals surface area contributed by atoms with Gasteiger partial charge in [-0.3, -0.25) is 0 Å². The first-order chi connectivity index (χ1) is 8.56. The molecule has 0 fully saturated rings. The fourth-order valence-corrected chi connectivity index (χ4v) is 1.71. The van der Waals surface area contributed by atoms with Gasteiger partial charge in [-0.25, -0.2) is 4.39 Å². The van der Waals surface area contributed by atoms with Gasteiger partial charge < -0.3 is 10.1 Å². The molecule has 0 saturated heterocycles. The number of nitrogens with one attached hydrogen (secondary N) is 1. The van der Waals surface area contributed by atoms with Gasteiger partial charge in [-0.2, -0.15) is 0 Å². The summed E-state index contributed by atoms with van der Waals surface area (Å²) >= 11 is 0. The van der Waals surface area contributed by atoms with Crippen LogP contribution in [0.25, 0.3) is 0 Å². The summed E-state index contributed by atoms with van der Waals surface area (Å²) in [5.74, 6) is 0.0851. The molecule has 0 amide bonds. The molecule has 0 atom stereocenters. The molecule has 18 heavy (non-hydrogen) atoms.